The van der Waals surface area contributed by atoms with Gasteiger partial charge in [-0.25, -0.2) is 22.4 Å². The second-order valence-corrected chi connectivity index (χ2v) is 10.1. The number of carbonyl (C=O) groups is 1. The number of benzene rings is 2. The van der Waals surface area contributed by atoms with Gasteiger partial charge in [-0.05, 0) is 80.8 Å². The maximum atomic E-state index is 15.1. The highest BCUT2D eigenvalue weighted by Gasteiger charge is 2.37. The summed E-state index contributed by atoms with van der Waals surface area (Å²) in [7, 11) is 0. The molecule has 7 heteroatoms. The van der Waals surface area contributed by atoms with Gasteiger partial charge in [-0.1, -0.05) is 25.2 Å². The van der Waals surface area contributed by atoms with Crippen LogP contribution in [0.25, 0.3) is 0 Å². The molecule has 4 rings (SSSR count). The Hall–Kier alpha value is -3.09. The average Bonchev–Trinajstić information content (AvgIpc) is 2.86. The van der Waals surface area contributed by atoms with E-state index in [0.717, 1.165) is 62.8 Å². The van der Waals surface area contributed by atoms with E-state index in [1.165, 1.54) is 12.5 Å². The second kappa shape index (κ2) is 12.0. The first-order valence-corrected chi connectivity index (χ1v) is 12.8. The molecule has 37 heavy (non-hydrogen) atoms. The average molecular weight is 517 g/mol. The van der Waals surface area contributed by atoms with Crippen molar-refractivity contribution < 1.29 is 31.8 Å². The van der Waals surface area contributed by atoms with Crippen molar-refractivity contribution in [1.82, 2.24) is 0 Å². The summed E-state index contributed by atoms with van der Waals surface area (Å²) in [6, 6.07) is 3.41. The molecule has 0 saturated heterocycles. The molecule has 2 aromatic rings. The van der Waals surface area contributed by atoms with E-state index in [4.69, 9.17) is 9.47 Å². The van der Waals surface area contributed by atoms with E-state index in [2.05, 4.69) is 13.2 Å². The SMILES string of the molecule is C=CCCC1CCC2CC(c3c(F)cc(C(=O)Oc4cc(F)c(OCC=C)c(F)c4)cc3F)CCC2C1. The Morgan fingerprint density at radius 1 is 0.865 bits per heavy atom. The fraction of sp³-hybridized carbons (Fsp3) is 0.433. The van der Waals surface area contributed by atoms with Gasteiger partial charge in [0.25, 0.3) is 0 Å². The van der Waals surface area contributed by atoms with Crippen LogP contribution in [0.4, 0.5) is 17.6 Å². The van der Waals surface area contributed by atoms with Crippen molar-refractivity contribution in [2.45, 2.75) is 57.3 Å². The molecule has 198 valence electrons. The van der Waals surface area contributed by atoms with Crippen LogP contribution in [0.3, 0.4) is 0 Å². The van der Waals surface area contributed by atoms with Crippen molar-refractivity contribution in [2.75, 3.05) is 6.61 Å². The van der Waals surface area contributed by atoms with Gasteiger partial charge >= 0.3 is 5.97 Å². The van der Waals surface area contributed by atoms with Gasteiger partial charge in [0.2, 0.25) is 0 Å². The second-order valence-electron chi connectivity index (χ2n) is 10.1. The van der Waals surface area contributed by atoms with Crippen LogP contribution in [0.2, 0.25) is 0 Å². The number of hydrogen-bond acceptors (Lipinski definition) is 3. The lowest BCUT2D eigenvalue weighted by Gasteiger charge is -2.42. The fourth-order valence-electron chi connectivity index (χ4n) is 6.00. The number of hydrogen-bond donors (Lipinski definition) is 0. The Morgan fingerprint density at radius 2 is 1.51 bits per heavy atom. The molecule has 2 aliphatic rings. The van der Waals surface area contributed by atoms with E-state index in [1.807, 2.05) is 6.08 Å². The first kappa shape index (κ1) is 27.0. The minimum atomic E-state index is -1.12. The molecule has 2 fully saturated rings. The molecule has 0 aliphatic heterocycles. The Kier molecular flexibility index (Phi) is 8.72. The summed E-state index contributed by atoms with van der Waals surface area (Å²) in [4.78, 5) is 12.5. The third-order valence-electron chi connectivity index (χ3n) is 7.75. The van der Waals surface area contributed by atoms with Crippen LogP contribution < -0.4 is 9.47 Å². The Labute approximate surface area is 215 Å². The zero-order chi connectivity index (χ0) is 26.5. The number of fused-ring (bicyclic) bond motifs is 1. The molecule has 0 aromatic heterocycles. The Balaban J connectivity index is 1.43. The van der Waals surface area contributed by atoms with Crippen molar-refractivity contribution in [3.63, 3.8) is 0 Å². The van der Waals surface area contributed by atoms with Gasteiger partial charge in [0, 0.05) is 17.7 Å². The summed E-state index contributed by atoms with van der Waals surface area (Å²) >= 11 is 0. The van der Waals surface area contributed by atoms with Crippen molar-refractivity contribution >= 4 is 5.97 Å². The molecule has 0 amide bonds. The number of carbonyl (C=O) groups excluding carboxylic acids is 1. The molecule has 0 N–H and O–H groups in total. The van der Waals surface area contributed by atoms with Crippen molar-refractivity contribution in [1.29, 1.82) is 0 Å². The molecule has 2 saturated carbocycles. The van der Waals surface area contributed by atoms with Crippen LogP contribution in [-0.4, -0.2) is 12.6 Å². The number of rotatable bonds is 9. The molecule has 0 spiro atoms. The number of ether oxygens (including phenoxy) is 2. The summed E-state index contributed by atoms with van der Waals surface area (Å²) in [6.07, 6.45) is 11.2. The first-order chi connectivity index (χ1) is 17.8. The fourth-order valence-corrected chi connectivity index (χ4v) is 6.00. The van der Waals surface area contributed by atoms with Gasteiger partial charge in [0.05, 0.1) is 5.56 Å². The van der Waals surface area contributed by atoms with Gasteiger partial charge in [0.1, 0.15) is 24.0 Å². The highest BCUT2D eigenvalue weighted by Crippen LogP contribution is 2.49. The van der Waals surface area contributed by atoms with Crippen molar-refractivity contribution in [2.24, 2.45) is 17.8 Å². The summed E-state index contributed by atoms with van der Waals surface area (Å²) in [5, 5.41) is 0. The molecule has 2 aromatic carbocycles. The lowest BCUT2D eigenvalue weighted by molar-refractivity contribution is 0.0732. The van der Waals surface area contributed by atoms with Gasteiger partial charge in [-0.2, -0.15) is 0 Å². The van der Waals surface area contributed by atoms with Crippen molar-refractivity contribution in [3.8, 4) is 11.5 Å². The molecule has 0 radical (unpaired) electrons. The number of allylic oxidation sites excluding steroid dienone is 1. The van der Waals surface area contributed by atoms with E-state index in [9.17, 15) is 13.6 Å². The normalized spacial score (nSPS) is 23.1. The predicted octanol–water partition coefficient (Wildman–Crippen LogP) is 8.29. The molecular weight excluding hydrogens is 484 g/mol. The topological polar surface area (TPSA) is 35.5 Å². The summed E-state index contributed by atoms with van der Waals surface area (Å²) in [5.41, 5.74) is -0.368. The lowest BCUT2D eigenvalue weighted by atomic mass is 9.63. The van der Waals surface area contributed by atoms with Gasteiger partial charge in [-0.15, -0.1) is 6.58 Å². The van der Waals surface area contributed by atoms with E-state index in [0.29, 0.717) is 24.2 Å². The quantitative estimate of drug-likeness (QED) is 0.146. The molecule has 0 heterocycles. The standard InChI is InChI=1S/C30H32F4O3/c1-3-5-6-18-7-8-20-13-21(10-9-19(20)12-18)28-24(31)14-22(15-25(28)32)30(35)37-23-16-26(33)29(27(34)17-23)36-11-4-2/h3-4,14-21H,1-2,5-13H2. The minimum absolute atomic E-state index is 0.00425. The number of esters is 1. The van der Waals surface area contributed by atoms with Crippen LogP contribution in [0.1, 0.15) is 73.2 Å². The Morgan fingerprint density at radius 3 is 2.16 bits per heavy atom. The number of halogens is 4. The molecule has 4 unspecified atom stereocenters. The lowest BCUT2D eigenvalue weighted by Crippen LogP contribution is -2.31. The van der Waals surface area contributed by atoms with Crippen LogP contribution in [0, 0.1) is 41.0 Å². The first-order valence-electron chi connectivity index (χ1n) is 12.8. The third kappa shape index (κ3) is 6.25. The molecular formula is C30H32F4O3. The predicted molar refractivity (Wildman–Crippen MR) is 134 cm³/mol. The van der Waals surface area contributed by atoms with Crippen LogP contribution >= 0.6 is 0 Å². The van der Waals surface area contributed by atoms with Crippen LogP contribution in [0.5, 0.6) is 11.5 Å². The monoisotopic (exact) mass is 516 g/mol. The van der Waals surface area contributed by atoms with Crippen LogP contribution in [-0.2, 0) is 0 Å². The minimum Gasteiger partial charge on any atom is -0.483 e. The largest absolute Gasteiger partial charge is 0.483 e. The van der Waals surface area contributed by atoms with E-state index in [-0.39, 0.29) is 23.7 Å². The summed E-state index contributed by atoms with van der Waals surface area (Å²) < 4.78 is 68.4. The highest BCUT2D eigenvalue weighted by molar-refractivity contribution is 5.91. The summed E-state index contributed by atoms with van der Waals surface area (Å²) in [5.74, 6) is -4.48. The molecule has 4 atom stereocenters. The highest BCUT2D eigenvalue weighted by atomic mass is 19.1. The van der Waals surface area contributed by atoms with Gasteiger partial charge in [-0.3, -0.25) is 0 Å². The smallest absolute Gasteiger partial charge is 0.343 e. The van der Waals surface area contributed by atoms with E-state index >= 15 is 8.78 Å². The van der Waals surface area contributed by atoms with Gasteiger partial charge < -0.3 is 9.47 Å². The van der Waals surface area contributed by atoms with Crippen LogP contribution in [0.15, 0.2) is 49.6 Å². The van der Waals surface area contributed by atoms with E-state index in [1.54, 1.807) is 0 Å². The van der Waals surface area contributed by atoms with Crippen molar-refractivity contribution in [3.05, 3.63) is 84.0 Å². The zero-order valence-electron chi connectivity index (χ0n) is 20.8. The zero-order valence-corrected chi connectivity index (χ0v) is 20.8. The third-order valence-corrected chi connectivity index (χ3v) is 7.75. The Bertz CT molecular complexity index is 1120. The maximum Gasteiger partial charge on any atom is 0.343 e. The maximum absolute atomic E-state index is 15.1. The molecule has 2 aliphatic carbocycles. The summed E-state index contributed by atoms with van der Waals surface area (Å²) in [6.45, 7) is 7.09. The van der Waals surface area contributed by atoms with Gasteiger partial charge in [0.15, 0.2) is 17.4 Å². The van der Waals surface area contributed by atoms with E-state index < -0.39 is 40.7 Å². The molecule has 3 nitrogen and oxygen atoms in total. The molecule has 0 bridgehead atoms.